The average molecular weight is 178 g/mol. The van der Waals surface area contributed by atoms with E-state index in [1.165, 1.54) is 0 Å². The third kappa shape index (κ3) is 2.01. The van der Waals surface area contributed by atoms with E-state index < -0.39 is 5.60 Å². The first-order chi connectivity index (χ1) is 6.29. The van der Waals surface area contributed by atoms with E-state index in [0.717, 1.165) is 25.0 Å². The summed E-state index contributed by atoms with van der Waals surface area (Å²) in [5.41, 5.74) is -0.546. The van der Waals surface area contributed by atoms with Gasteiger partial charge in [-0.2, -0.15) is 0 Å². The smallest absolute Gasteiger partial charge is 0.119 e. The molecule has 0 saturated heterocycles. The summed E-state index contributed by atoms with van der Waals surface area (Å²) in [6.45, 7) is 0.428. The maximum atomic E-state index is 9.75. The van der Waals surface area contributed by atoms with E-state index in [1.807, 2.05) is 30.3 Å². The highest BCUT2D eigenvalue weighted by molar-refractivity contribution is 5.21. The minimum Gasteiger partial charge on any atom is -0.491 e. The zero-order valence-corrected chi connectivity index (χ0v) is 7.57. The van der Waals surface area contributed by atoms with Crippen LogP contribution >= 0.6 is 0 Å². The predicted molar refractivity (Wildman–Crippen MR) is 50.7 cm³/mol. The molecule has 1 aliphatic carbocycles. The van der Waals surface area contributed by atoms with Crippen LogP contribution in [0.2, 0.25) is 0 Å². The monoisotopic (exact) mass is 178 g/mol. The molecular formula is C11H14O2. The van der Waals surface area contributed by atoms with Crippen molar-refractivity contribution in [2.45, 2.75) is 24.9 Å². The van der Waals surface area contributed by atoms with E-state index in [4.69, 9.17) is 4.74 Å². The standard InChI is InChI=1S/C11H14O2/c12-11(7-4-8-11)9-13-10-5-2-1-3-6-10/h1-3,5-6,12H,4,7-9H2. The highest BCUT2D eigenvalue weighted by Crippen LogP contribution is 2.31. The lowest BCUT2D eigenvalue weighted by Gasteiger charge is -2.35. The van der Waals surface area contributed by atoms with Gasteiger partial charge in [0.1, 0.15) is 12.4 Å². The zero-order chi connectivity index (χ0) is 9.15. The lowest BCUT2D eigenvalue weighted by molar-refractivity contribution is -0.0663. The zero-order valence-electron chi connectivity index (χ0n) is 7.57. The SMILES string of the molecule is OC1(COc2ccccc2)CCC1. The van der Waals surface area contributed by atoms with Crippen LogP contribution in [0.25, 0.3) is 0 Å². The summed E-state index contributed by atoms with van der Waals surface area (Å²) in [5, 5.41) is 9.75. The van der Waals surface area contributed by atoms with Crippen LogP contribution in [0.3, 0.4) is 0 Å². The molecule has 0 aliphatic heterocycles. The van der Waals surface area contributed by atoms with E-state index in [2.05, 4.69) is 0 Å². The number of hydrogen-bond donors (Lipinski definition) is 1. The molecule has 70 valence electrons. The van der Waals surface area contributed by atoms with Crippen molar-refractivity contribution in [1.82, 2.24) is 0 Å². The minimum absolute atomic E-state index is 0.428. The third-order valence-electron chi connectivity index (χ3n) is 2.53. The molecule has 0 bridgehead atoms. The van der Waals surface area contributed by atoms with E-state index in [9.17, 15) is 5.11 Å². The Balaban J connectivity index is 1.86. The second-order valence-electron chi connectivity index (χ2n) is 3.68. The topological polar surface area (TPSA) is 29.5 Å². The molecule has 2 nitrogen and oxygen atoms in total. The fourth-order valence-electron chi connectivity index (χ4n) is 1.46. The summed E-state index contributed by atoms with van der Waals surface area (Å²) in [6, 6.07) is 9.62. The summed E-state index contributed by atoms with van der Waals surface area (Å²) in [7, 11) is 0. The quantitative estimate of drug-likeness (QED) is 0.766. The van der Waals surface area contributed by atoms with Crippen molar-refractivity contribution in [3.05, 3.63) is 30.3 Å². The number of aliphatic hydroxyl groups is 1. The molecule has 13 heavy (non-hydrogen) atoms. The Hall–Kier alpha value is -1.02. The van der Waals surface area contributed by atoms with Crippen LogP contribution in [0, 0.1) is 0 Å². The first kappa shape index (κ1) is 8.57. The first-order valence-electron chi connectivity index (χ1n) is 4.69. The Morgan fingerprint density at radius 3 is 2.46 bits per heavy atom. The number of ether oxygens (including phenoxy) is 1. The van der Waals surface area contributed by atoms with Gasteiger partial charge in [-0.05, 0) is 31.4 Å². The van der Waals surface area contributed by atoms with Crippen LogP contribution in [-0.4, -0.2) is 17.3 Å². The largest absolute Gasteiger partial charge is 0.491 e. The van der Waals surface area contributed by atoms with Gasteiger partial charge in [-0.1, -0.05) is 18.2 Å². The van der Waals surface area contributed by atoms with Gasteiger partial charge in [-0.3, -0.25) is 0 Å². The second kappa shape index (κ2) is 3.38. The molecule has 1 fully saturated rings. The Bertz CT molecular complexity index is 265. The Morgan fingerprint density at radius 2 is 1.92 bits per heavy atom. The maximum Gasteiger partial charge on any atom is 0.119 e. The van der Waals surface area contributed by atoms with Gasteiger partial charge in [0, 0.05) is 0 Å². The van der Waals surface area contributed by atoms with Gasteiger partial charge in [-0.25, -0.2) is 0 Å². The van der Waals surface area contributed by atoms with E-state index in [-0.39, 0.29) is 0 Å². The highest BCUT2D eigenvalue weighted by atomic mass is 16.5. The van der Waals surface area contributed by atoms with Crippen LogP contribution in [0.15, 0.2) is 30.3 Å². The van der Waals surface area contributed by atoms with Crippen molar-refractivity contribution in [2.24, 2.45) is 0 Å². The Kier molecular flexibility index (Phi) is 2.23. The minimum atomic E-state index is -0.546. The second-order valence-corrected chi connectivity index (χ2v) is 3.68. The Morgan fingerprint density at radius 1 is 1.23 bits per heavy atom. The lowest BCUT2D eigenvalue weighted by Crippen LogP contribution is -2.42. The molecule has 1 N–H and O–H groups in total. The fourth-order valence-corrected chi connectivity index (χ4v) is 1.46. The number of benzene rings is 1. The van der Waals surface area contributed by atoms with E-state index >= 15 is 0 Å². The maximum absolute atomic E-state index is 9.75. The van der Waals surface area contributed by atoms with Crippen LogP contribution in [0.4, 0.5) is 0 Å². The summed E-state index contributed by atoms with van der Waals surface area (Å²) >= 11 is 0. The van der Waals surface area contributed by atoms with Crippen LogP contribution < -0.4 is 4.74 Å². The lowest BCUT2D eigenvalue weighted by atomic mass is 9.81. The van der Waals surface area contributed by atoms with Gasteiger partial charge < -0.3 is 9.84 Å². The highest BCUT2D eigenvalue weighted by Gasteiger charge is 2.35. The van der Waals surface area contributed by atoms with Crippen molar-refractivity contribution in [2.75, 3.05) is 6.61 Å². The van der Waals surface area contributed by atoms with Crippen molar-refractivity contribution in [1.29, 1.82) is 0 Å². The number of para-hydroxylation sites is 1. The normalized spacial score (nSPS) is 19.2. The predicted octanol–water partition coefficient (Wildman–Crippen LogP) is 1.98. The first-order valence-corrected chi connectivity index (χ1v) is 4.69. The molecule has 1 aliphatic rings. The van der Waals surface area contributed by atoms with Gasteiger partial charge >= 0.3 is 0 Å². The van der Waals surface area contributed by atoms with Gasteiger partial charge in [0.15, 0.2) is 0 Å². The van der Waals surface area contributed by atoms with Crippen molar-refractivity contribution >= 4 is 0 Å². The van der Waals surface area contributed by atoms with Crippen LogP contribution in [0.5, 0.6) is 5.75 Å². The van der Waals surface area contributed by atoms with Gasteiger partial charge in [0.25, 0.3) is 0 Å². The van der Waals surface area contributed by atoms with Crippen LogP contribution in [0.1, 0.15) is 19.3 Å². The van der Waals surface area contributed by atoms with Gasteiger partial charge in [-0.15, -0.1) is 0 Å². The van der Waals surface area contributed by atoms with Crippen molar-refractivity contribution in [3.63, 3.8) is 0 Å². The molecule has 1 saturated carbocycles. The third-order valence-corrected chi connectivity index (χ3v) is 2.53. The summed E-state index contributed by atoms with van der Waals surface area (Å²) in [4.78, 5) is 0. The molecule has 0 unspecified atom stereocenters. The van der Waals surface area contributed by atoms with Crippen molar-refractivity contribution < 1.29 is 9.84 Å². The molecule has 0 aromatic heterocycles. The molecule has 0 atom stereocenters. The molecule has 2 heteroatoms. The summed E-state index contributed by atoms with van der Waals surface area (Å²) in [5.74, 6) is 0.836. The molecule has 1 aromatic carbocycles. The summed E-state index contributed by atoms with van der Waals surface area (Å²) in [6.07, 6.45) is 2.87. The molecule has 0 spiro atoms. The molecule has 1 aromatic rings. The van der Waals surface area contributed by atoms with Gasteiger partial charge in [0.2, 0.25) is 0 Å². The molecule has 0 radical (unpaired) electrons. The van der Waals surface area contributed by atoms with Gasteiger partial charge in [0.05, 0.1) is 5.60 Å². The molecule has 2 rings (SSSR count). The molecular weight excluding hydrogens is 164 g/mol. The Labute approximate surface area is 78.2 Å². The van der Waals surface area contributed by atoms with Crippen molar-refractivity contribution in [3.8, 4) is 5.75 Å². The van der Waals surface area contributed by atoms with E-state index in [1.54, 1.807) is 0 Å². The molecule has 0 amide bonds. The van der Waals surface area contributed by atoms with E-state index in [0.29, 0.717) is 6.61 Å². The summed E-state index contributed by atoms with van der Waals surface area (Å²) < 4.78 is 5.46. The number of rotatable bonds is 3. The fraction of sp³-hybridized carbons (Fsp3) is 0.455. The van der Waals surface area contributed by atoms with Crippen LogP contribution in [-0.2, 0) is 0 Å². The number of hydrogen-bond acceptors (Lipinski definition) is 2. The average Bonchev–Trinajstić information content (AvgIpc) is 2.13. The molecule has 0 heterocycles.